The van der Waals surface area contributed by atoms with Crippen molar-refractivity contribution in [2.24, 2.45) is 10.8 Å². The van der Waals surface area contributed by atoms with Crippen molar-refractivity contribution in [3.63, 3.8) is 0 Å². The molecule has 0 saturated carbocycles. The molecule has 3 aromatic rings. The van der Waals surface area contributed by atoms with Crippen LogP contribution in [0.2, 0.25) is 0 Å². The fraction of sp³-hybridized carbons (Fsp3) is 0. The molecule has 25 heavy (non-hydrogen) atoms. The van der Waals surface area contributed by atoms with Gasteiger partial charge in [-0.1, -0.05) is 22.0 Å². The Labute approximate surface area is 149 Å². The molecule has 0 atom stereocenters. The average molecular weight is 404 g/mol. The number of carbonyl (C=O) groups excluding carboxylic acids is 2. The van der Waals surface area contributed by atoms with Gasteiger partial charge in [-0.2, -0.15) is 0 Å². The van der Waals surface area contributed by atoms with Crippen LogP contribution in [0.3, 0.4) is 0 Å². The van der Waals surface area contributed by atoms with Crippen molar-refractivity contribution in [1.82, 2.24) is 5.43 Å². The molecule has 6 nitrogen and oxygen atoms in total. The third-order valence-electron chi connectivity index (χ3n) is 3.32. The SMILES string of the molecule is NC(=O)c1cc2cc(Br)ccc2o/c1=N/NC(=O)c1cccc(F)c1. The predicted octanol–water partition coefficient (Wildman–Crippen LogP) is 2.68. The van der Waals surface area contributed by atoms with E-state index in [0.717, 1.165) is 10.5 Å². The first-order chi connectivity index (χ1) is 11.9. The quantitative estimate of drug-likeness (QED) is 0.657. The number of nitrogens with zero attached hydrogens (tertiary/aromatic N) is 1. The Kier molecular flexibility index (Phi) is 4.62. The van der Waals surface area contributed by atoms with E-state index in [2.05, 4.69) is 26.5 Å². The number of benzene rings is 2. The van der Waals surface area contributed by atoms with Crippen molar-refractivity contribution >= 4 is 38.7 Å². The minimum Gasteiger partial charge on any atom is -0.436 e. The van der Waals surface area contributed by atoms with E-state index in [1.165, 1.54) is 24.3 Å². The van der Waals surface area contributed by atoms with E-state index in [9.17, 15) is 14.0 Å². The maximum absolute atomic E-state index is 13.2. The summed E-state index contributed by atoms with van der Waals surface area (Å²) >= 11 is 3.33. The Balaban J connectivity index is 2.02. The molecule has 0 aliphatic carbocycles. The lowest BCUT2D eigenvalue weighted by Crippen LogP contribution is -2.27. The van der Waals surface area contributed by atoms with Gasteiger partial charge in [0.2, 0.25) is 5.55 Å². The minimum atomic E-state index is -0.760. The number of rotatable bonds is 3. The van der Waals surface area contributed by atoms with Gasteiger partial charge in [-0.3, -0.25) is 9.59 Å². The lowest BCUT2D eigenvalue weighted by Gasteiger charge is -2.03. The number of amides is 2. The van der Waals surface area contributed by atoms with Crippen molar-refractivity contribution < 1.29 is 18.4 Å². The molecule has 0 saturated heterocycles. The zero-order valence-corrected chi connectivity index (χ0v) is 14.2. The molecule has 0 radical (unpaired) electrons. The van der Waals surface area contributed by atoms with Crippen LogP contribution in [0.25, 0.3) is 11.0 Å². The zero-order valence-electron chi connectivity index (χ0n) is 12.6. The highest BCUT2D eigenvalue weighted by atomic mass is 79.9. The Morgan fingerprint density at radius 3 is 2.68 bits per heavy atom. The third-order valence-corrected chi connectivity index (χ3v) is 3.81. The van der Waals surface area contributed by atoms with Gasteiger partial charge >= 0.3 is 0 Å². The Hall–Kier alpha value is -3.00. The first-order valence-electron chi connectivity index (χ1n) is 7.07. The predicted molar refractivity (Wildman–Crippen MR) is 91.9 cm³/mol. The zero-order chi connectivity index (χ0) is 18.0. The highest BCUT2D eigenvalue weighted by molar-refractivity contribution is 9.10. The highest BCUT2D eigenvalue weighted by Gasteiger charge is 2.11. The lowest BCUT2D eigenvalue weighted by molar-refractivity contribution is 0.0945. The first-order valence-corrected chi connectivity index (χ1v) is 7.86. The molecule has 0 bridgehead atoms. The largest absolute Gasteiger partial charge is 0.436 e. The number of primary amides is 1. The second-order valence-electron chi connectivity index (χ2n) is 5.07. The smallest absolute Gasteiger partial charge is 0.271 e. The fourth-order valence-electron chi connectivity index (χ4n) is 2.16. The third kappa shape index (κ3) is 3.74. The molecule has 2 aromatic carbocycles. The van der Waals surface area contributed by atoms with Crippen molar-refractivity contribution in [2.45, 2.75) is 0 Å². The maximum atomic E-state index is 13.2. The lowest BCUT2D eigenvalue weighted by atomic mass is 10.2. The number of halogens is 2. The molecule has 3 rings (SSSR count). The topological polar surface area (TPSA) is 97.7 Å². The van der Waals surface area contributed by atoms with Gasteiger partial charge in [0.1, 0.15) is 17.0 Å². The van der Waals surface area contributed by atoms with Gasteiger partial charge in [-0.15, -0.1) is 5.10 Å². The van der Waals surface area contributed by atoms with Crippen LogP contribution in [-0.2, 0) is 0 Å². The monoisotopic (exact) mass is 403 g/mol. The van der Waals surface area contributed by atoms with E-state index in [4.69, 9.17) is 10.2 Å². The van der Waals surface area contributed by atoms with E-state index >= 15 is 0 Å². The molecule has 0 aliphatic rings. The summed E-state index contributed by atoms with van der Waals surface area (Å²) in [5.74, 6) is -1.96. The van der Waals surface area contributed by atoms with E-state index in [1.54, 1.807) is 18.2 Å². The molecular weight excluding hydrogens is 393 g/mol. The van der Waals surface area contributed by atoms with Crippen molar-refractivity contribution in [2.75, 3.05) is 0 Å². The number of hydrogen-bond acceptors (Lipinski definition) is 4. The normalized spacial score (nSPS) is 11.5. The van der Waals surface area contributed by atoms with Gasteiger partial charge in [-0.25, -0.2) is 9.82 Å². The summed E-state index contributed by atoms with van der Waals surface area (Å²) in [6.45, 7) is 0. The molecule has 0 fully saturated rings. The van der Waals surface area contributed by atoms with Crippen molar-refractivity contribution in [3.8, 4) is 0 Å². The van der Waals surface area contributed by atoms with Gasteiger partial charge in [0.25, 0.3) is 11.8 Å². The Morgan fingerprint density at radius 2 is 1.96 bits per heavy atom. The van der Waals surface area contributed by atoms with Crippen LogP contribution in [0.1, 0.15) is 20.7 Å². The summed E-state index contributed by atoms with van der Waals surface area (Å²) in [4.78, 5) is 23.7. The van der Waals surface area contributed by atoms with Gasteiger partial charge in [0, 0.05) is 15.4 Å². The van der Waals surface area contributed by atoms with Gasteiger partial charge in [0.15, 0.2) is 0 Å². The number of nitrogens with one attached hydrogen (secondary N) is 1. The Bertz CT molecular complexity index is 1060. The van der Waals surface area contributed by atoms with E-state index < -0.39 is 17.6 Å². The highest BCUT2D eigenvalue weighted by Crippen LogP contribution is 2.19. The number of hydrogen-bond donors (Lipinski definition) is 2. The summed E-state index contributed by atoms with van der Waals surface area (Å²) < 4.78 is 19.5. The first kappa shape index (κ1) is 16.8. The second kappa shape index (κ2) is 6.86. The van der Waals surface area contributed by atoms with Crippen LogP contribution in [0.15, 0.2) is 62.5 Å². The van der Waals surface area contributed by atoms with Crippen LogP contribution in [0.4, 0.5) is 4.39 Å². The number of carbonyl (C=O) groups is 2. The van der Waals surface area contributed by atoms with E-state index in [0.29, 0.717) is 11.0 Å². The van der Waals surface area contributed by atoms with Crippen LogP contribution in [0, 0.1) is 5.82 Å². The van der Waals surface area contributed by atoms with E-state index in [-0.39, 0.29) is 16.7 Å². The molecule has 0 aliphatic heterocycles. The van der Waals surface area contributed by atoms with Crippen LogP contribution in [0.5, 0.6) is 0 Å². The summed E-state index contributed by atoms with van der Waals surface area (Å²) in [6.07, 6.45) is 0. The molecule has 2 amide bonds. The summed E-state index contributed by atoms with van der Waals surface area (Å²) in [5, 5.41) is 4.44. The standard InChI is InChI=1S/C17H11BrFN3O3/c18-11-4-5-14-10(6-11)8-13(15(20)23)17(25-14)22-21-16(24)9-2-1-3-12(19)7-9/h1-8H,(H2,20,23)(H,21,24)/b22-17+. The molecule has 126 valence electrons. The molecule has 1 heterocycles. The summed E-state index contributed by atoms with van der Waals surface area (Å²) in [5.41, 5.74) is 7.96. The van der Waals surface area contributed by atoms with Crippen LogP contribution < -0.4 is 16.7 Å². The molecule has 8 heteroatoms. The summed E-state index contributed by atoms with van der Waals surface area (Å²) in [6, 6.07) is 11.8. The summed E-state index contributed by atoms with van der Waals surface area (Å²) in [7, 11) is 0. The van der Waals surface area contributed by atoms with E-state index in [1.807, 2.05) is 0 Å². The average Bonchev–Trinajstić information content (AvgIpc) is 2.58. The number of fused-ring (bicyclic) bond motifs is 1. The van der Waals surface area contributed by atoms with Crippen molar-refractivity contribution in [3.05, 3.63) is 75.5 Å². The van der Waals surface area contributed by atoms with Gasteiger partial charge < -0.3 is 10.2 Å². The number of nitrogens with two attached hydrogens (primary N) is 1. The van der Waals surface area contributed by atoms with Gasteiger partial charge in [-0.05, 0) is 42.5 Å². The van der Waals surface area contributed by atoms with Gasteiger partial charge in [0.05, 0.1) is 0 Å². The fourth-order valence-corrected chi connectivity index (χ4v) is 2.54. The van der Waals surface area contributed by atoms with Crippen LogP contribution >= 0.6 is 15.9 Å². The second-order valence-corrected chi connectivity index (χ2v) is 5.99. The van der Waals surface area contributed by atoms with Crippen LogP contribution in [-0.4, -0.2) is 11.8 Å². The molecule has 3 N–H and O–H groups in total. The van der Waals surface area contributed by atoms with Crippen molar-refractivity contribution in [1.29, 1.82) is 0 Å². The molecule has 0 spiro atoms. The minimum absolute atomic E-state index is 0.00476. The Morgan fingerprint density at radius 1 is 1.16 bits per heavy atom. The maximum Gasteiger partial charge on any atom is 0.271 e. The molecule has 0 unspecified atom stereocenters. The molecular formula is C17H11BrFN3O3. The molecule has 1 aromatic heterocycles.